The molecule has 0 aliphatic heterocycles. The molecule has 0 radical (unpaired) electrons. The Hall–Kier alpha value is -2.37. The fraction of sp³-hybridized carbons (Fsp3) is 0.190. The van der Waals surface area contributed by atoms with Crippen molar-refractivity contribution in [1.82, 2.24) is 5.32 Å². The van der Waals surface area contributed by atoms with Gasteiger partial charge in [-0.3, -0.25) is 9.00 Å². The van der Waals surface area contributed by atoms with E-state index in [1.807, 2.05) is 43.3 Å². The summed E-state index contributed by atoms with van der Waals surface area (Å²) in [6, 6.07) is 18.5. The van der Waals surface area contributed by atoms with Gasteiger partial charge in [0, 0.05) is 28.1 Å². The molecule has 1 heterocycles. The largest absolute Gasteiger partial charge is 0.455 e. The predicted octanol–water partition coefficient (Wildman–Crippen LogP) is 4.62. The molecule has 4 nitrogen and oxygen atoms in total. The lowest BCUT2D eigenvalue weighted by molar-refractivity contribution is 0.0921. The Morgan fingerprint density at radius 3 is 2.56 bits per heavy atom. The lowest BCUT2D eigenvalue weighted by Crippen LogP contribution is -2.22. The molecule has 0 aliphatic carbocycles. The molecule has 0 unspecified atom stereocenters. The van der Waals surface area contributed by atoms with Gasteiger partial charge < -0.3 is 9.73 Å². The molecule has 1 N–H and O–H groups in total. The Kier molecular flexibility index (Phi) is 6.48. The van der Waals surface area contributed by atoms with Crippen LogP contribution in [-0.4, -0.2) is 10.1 Å². The maximum absolute atomic E-state index is 12.3. The molecule has 3 aromatic rings. The Morgan fingerprint density at radius 1 is 1.04 bits per heavy atom. The molecule has 0 saturated carbocycles. The molecule has 0 saturated heterocycles. The van der Waals surface area contributed by atoms with Gasteiger partial charge in [-0.25, -0.2) is 0 Å². The van der Waals surface area contributed by atoms with E-state index in [4.69, 9.17) is 16.0 Å². The first-order valence-electron chi connectivity index (χ1n) is 8.51. The van der Waals surface area contributed by atoms with Gasteiger partial charge in [0.25, 0.3) is 5.91 Å². The summed E-state index contributed by atoms with van der Waals surface area (Å²) < 4.78 is 17.9. The number of furan rings is 1. The summed E-state index contributed by atoms with van der Waals surface area (Å²) in [5.74, 6) is 1.09. The van der Waals surface area contributed by atoms with E-state index in [9.17, 15) is 9.00 Å². The van der Waals surface area contributed by atoms with Crippen LogP contribution >= 0.6 is 11.6 Å². The zero-order valence-corrected chi connectivity index (χ0v) is 16.5. The smallest absolute Gasteiger partial charge is 0.287 e. The van der Waals surface area contributed by atoms with Crippen molar-refractivity contribution in [3.8, 4) is 0 Å². The predicted molar refractivity (Wildman–Crippen MR) is 108 cm³/mol. The highest BCUT2D eigenvalue weighted by atomic mass is 35.5. The van der Waals surface area contributed by atoms with E-state index in [1.165, 1.54) is 5.56 Å². The van der Waals surface area contributed by atoms with Gasteiger partial charge in [0.05, 0.1) is 5.75 Å². The Bertz CT molecular complexity index is 950. The van der Waals surface area contributed by atoms with Crippen LogP contribution in [0, 0.1) is 6.92 Å². The van der Waals surface area contributed by atoms with E-state index in [2.05, 4.69) is 5.32 Å². The quantitative estimate of drug-likeness (QED) is 0.628. The molecule has 0 fully saturated rings. The van der Waals surface area contributed by atoms with Crippen LogP contribution in [0.3, 0.4) is 0 Å². The van der Waals surface area contributed by atoms with E-state index in [-0.39, 0.29) is 17.4 Å². The summed E-state index contributed by atoms with van der Waals surface area (Å²) in [7, 11) is -1.15. The molecule has 1 aromatic heterocycles. The van der Waals surface area contributed by atoms with Gasteiger partial charge in [0.2, 0.25) is 0 Å². The highest BCUT2D eigenvalue weighted by Crippen LogP contribution is 2.16. The number of aryl methyl sites for hydroxylation is 1. The Balaban J connectivity index is 1.53. The summed E-state index contributed by atoms with van der Waals surface area (Å²) in [5, 5.41) is 3.44. The Labute approximate surface area is 166 Å². The minimum atomic E-state index is -1.15. The normalized spacial score (nSPS) is 11.9. The maximum Gasteiger partial charge on any atom is 0.287 e. The van der Waals surface area contributed by atoms with Crippen LogP contribution in [0.4, 0.5) is 0 Å². The van der Waals surface area contributed by atoms with Crippen molar-refractivity contribution in [2.75, 3.05) is 0 Å². The molecule has 0 spiro atoms. The van der Waals surface area contributed by atoms with Crippen molar-refractivity contribution in [2.24, 2.45) is 0 Å². The molecule has 1 amide bonds. The fourth-order valence-electron chi connectivity index (χ4n) is 2.58. The van der Waals surface area contributed by atoms with Crippen LogP contribution in [0.1, 0.15) is 33.0 Å². The van der Waals surface area contributed by atoms with E-state index < -0.39 is 10.8 Å². The van der Waals surface area contributed by atoms with Gasteiger partial charge in [-0.2, -0.15) is 0 Å². The van der Waals surface area contributed by atoms with Gasteiger partial charge in [-0.05, 0) is 42.3 Å². The minimum Gasteiger partial charge on any atom is -0.455 e. The van der Waals surface area contributed by atoms with Crippen molar-refractivity contribution < 1.29 is 13.4 Å². The zero-order valence-electron chi connectivity index (χ0n) is 14.9. The van der Waals surface area contributed by atoms with Gasteiger partial charge >= 0.3 is 0 Å². The van der Waals surface area contributed by atoms with Crippen molar-refractivity contribution in [2.45, 2.75) is 25.0 Å². The number of nitrogens with one attached hydrogen (secondary N) is 1. The molecule has 140 valence electrons. The summed E-state index contributed by atoms with van der Waals surface area (Å²) in [5.41, 5.74) is 3.10. The van der Waals surface area contributed by atoms with E-state index in [1.54, 1.807) is 24.3 Å². The van der Waals surface area contributed by atoms with Crippen LogP contribution in [0.5, 0.6) is 0 Å². The third-order valence-corrected chi connectivity index (χ3v) is 5.48. The summed E-state index contributed by atoms with van der Waals surface area (Å²) in [6.07, 6.45) is 0. The van der Waals surface area contributed by atoms with E-state index in [0.717, 1.165) is 11.1 Å². The second kappa shape index (κ2) is 9.02. The highest BCUT2D eigenvalue weighted by molar-refractivity contribution is 7.83. The Morgan fingerprint density at radius 2 is 1.81 bits per heavy atom. The monoisotopic (exact) mass is 401 g/mol. The van der Waals surface area contributed by atoms with Crippen molar-refractivity contribution in [3.63, 3.8) is 0 Å². The molecule has 3 rings (SSSR count). The van der Waals surface area contributed by atoms with Crippen LogP contribution in [0.15, 0.2) is 65.1 Å². The lowest BCUT2D eigenvalue weighted by atomic mass is 10.1. The molecule has 27 heavy (non-hydrogen) atoms. The third-order valence-electron chi connectivity index (χ3n) is 3.98. The number of carbonyl (C=O) groups excluding carboxylic acids is 1. The number of halogens is 1. The lowest BCUT2D eigenvalue weighted by Gasteiger charge is -2.04. The van der Waals surface area contributed by atoms with Crippen LogP contribution < -0.4 is 5.32 Å². The highest BCUT2D eigenvalue weighted by Gasteiger charge is 2.13. The minimum absolute atomic E-state index is 0.219. The topological polar surface area (TPSA) is 59.3 Å². The van der Waals surface area contributed by atoms with Crippen LogP contribution in [-0.2, 0) is 28.9 Å². The second-order valence-corrected chi connectivity index (χ2v) is 8.19. The zero-order chi connectivity index (χ0) is 19.2. The number of rotatable bonds is 7. The van der Waals surface area contributed by atoms with Gasteiger partial charge in [0.15, 0.2) is 5.76 Å². The standard InChI is InChI=1S/C21H20ClNO3S/c1-15-5-7-16(8-6-15)12-23-21(24)20-10-9-19(26-20)14-27(25)13-17-3-2-4-18(22)11-17/h2-11H,12-14H2,1H3,(H,23,24)/t27-/m1/s1. The van der Waals surface area contributed by atoms with E-state index >= 15 is 0 Å². The summed E-state index contributed by atoms with van der Waals surface area (Å²) >= 11 is 5.95. The second-order valence-electron chi connectivity index (χ2n) is 6.29. The van der Waals surface area contributed by atoms with Crippen molar-refractivity contribution >= 4 is 28.3 Å². The van der Waals surface area contributed by atoms with Crippen molar-refractivity contribution in [1.29, 1.82) is 0 Å². The van der Waals surface area contributed by atoms with E-state index in [0.29, 0.717) is 23.1 Å². The van der Waals surface area contributed by atoms with Gasteiger partial charge in [-0.15, -0.1) is 0 Å². The molecule has 2 aromatic carbocycles. The first-order valence-corrected chi connectivity index (χ1v) is 10.4. The maximum atomic E-state index is 12.3. The SMILES string of the molecule is Cc1ccc(CNC(=O)c2ccc(C[S@](=O)Cc3cccc(Cl)c3)o2)cc1. The molecule has 0 aliphatic rings. The number of hydrogen-bond donors (Lipinski definition) is 1. The molecule has 6 heteroatoms. The number of benzene rings is 2. The molecular formula is C21H20ClNO3S. The molecule has 1 atom stereocenters. The number of carbonyl (C=O) groups is 1. The third kappa shape index (κ3) is 5.81. The number of hydrogen-bond acceptors (Lipinski definition) is 3. The van der Waals surface area contributed by atoms with Crippen molar-refractivity contribution in [3.05, 3.63) is 93.9 Å². The summed E-state index contributed by atoms with van der Waals surface area (Å²) in [4.78, 5) is 12.2. The molecular weight excluding hydrogens is 382 g/mol. The van der Waals surface area contributed by atoms with Gasteiger partial charge in [0.1, 0.15) is 5.76 Å². The van der Waals surface area contributed by atoms with Crippen LogP contribution in [0.25, 0.3) is 0 Å². The average Bonchev–Trinajstić information content (AvgIpc) is 3.09. The fourth-order valence-corrected chi connectivity index (χ4v) is 3.91. The average molecular weight is 402 g/mol. The molecule has 0 bridgehead atoms. The number of amides is 1. The first kappa shape index (κ1) is 19.4. The van der Waals surface area contributed by atoms with Crippen LogP contribution in [0.2, 0.25) is 5.02 Å². The first-order chi connectivity index (χ1) is 13.0. The summed E-state index contributed by atoms with van der Waals surface area (Å²) in [6.45, 7) is 2.44. The van der Waals surface area contributed by atoms with Gasteiger partial charge in [-0.1, -0.05) is 53.6 Å².